The van der Waals surface area contributed by atoms with Gasteiger partial charge in [-0.05, 0) is 49.9 Å². The van der Waals surface area contributed by atoms with Crippen molar-refractivity contribution in [3.63, 3.8) is 0 Å². The number of hydrogen-bond acceptors (Lipinski definition) is 3. The van der Waals surface area contributed by atoms with Gasteiger partial charge in [-0.2, -0.15) is 0 Å². The standard InChI is InChI=1S/C15H22N2O2/c16-8-6-12-3-1-4-13(11-12)15(18)17-9-7-14-5-2-10-19-14/h1,3-4,11,14H,2,5-10,16H2,(H,17,18). The molecule has 1 aliphatic heterocycles. The van der Waals surface area contributed by atoms with Crippen LogP contribution in [0.25, 0.3) is 0 Å². The van der Waals surface area contributed by atoms with Crippen LogP contribution in [-0.2, 0) is 11.2 Å². The van der Waals surface area contributed by atoms with Crippen LogP contribution in [0.1, 0.15) is 35.2 Å². The summed E-state index contributed by atoms with van der Waals surface area (Å²) in [6, 6.07) is 7.64. The van der Waals surface area contributed by atoms with E-state index in [0.717, 1.165) is 37.9 Å². The molecule has 4 heteroatoms. The number of nitrogens with two attached hydrogens (primary N) is 1. The lowest BCUT2D eigenvalue weighted by Crippen LogP contribution is -2.27. The van der Waals surface area contributed by atoms with Gasteiger partial charge in [-0.3, -0.25) is 4.79 Å². The molecule has 104 valence electrons. The molecular weight excluding hydrogens is 240 g/mol. The zero-order chi connectivity index (χ0) is 13.5. The van der Waals surface area contributed by atoms with Crippen molar-refractivity contribution in [3.8, 4) is 0 Å². The minimum absolute atomic E-state index is 0.0168. The summed E-state index contributed by atoms with van der Waals surface area (Å²) >= 11 is 0. The zero-order valence-corrected chi connectivity index (χ0v) is 11.2. The molecule has 19 heavy (non-hydrogen) atoms. The van der Waals surface area contributed by atoms with Gasteiger partial charge in [0.2, 0.25) is 0 Å². The Hall–Kier alpha value is -1.39. The number of amides is 1. The molecule has 4 nitrogen and oxygen atoms in total. The van der Waals surface area contributed by atoms with E-state index in [1.807, 2.05) is 24.3 Å². The summed E-state index contributed by atoms with van der Waals surface area (Å²) in [7, 11) is 0. The van der Waals surface area contributed by atoms with Crippen LogP contribution in [0.4, 0.5) is 0 Å². The van der Waals surface area contributed by atoms with E-state index < -0.39 is 0 Å². The fourth-order valence-electron chi connectivity index (χ4n) is 2.36. The quantitative estimate of drug-likeness (QED) is 0.816. The van der Waals surface area contributed by atoms with Crippen LogP contribution >= 0.6 is 0 Å². The van der Waals surface area contributed by atoms with Gasteiger partial charge in [0, 0.05) is 18.7 Å². The molecule has 1 fully saturated rings. The molecule has 1 atom stereocenters. The van der Waals surface area contributed by atoms with Crippen LogP contribution in [0.2, 0.25) is 0 Å². The summed E-state index contributed by atoms with van der Waals surface area (Å²) in [4.78, 5) is 12.0. The van der Waals surface area contributed by atoms with Crippen LogP contribution in [0, 0.1) is 0 Å². The average Bonchev–Trinajstić information content (AvgIpc) is 2.92. The molecule has 3 N–H and O–H groups in total. The normalized spacial score (nSPS) is 18.5. The van der Waals surface area contributed by atoms with Gasteiger partial charge in [0.15, 0.2) is 0 Å². The molecule has 1 amide bonds. The maximum atomic E-state index is 12.0. The topological polar surface area (TPSA) is 64.4 Å². The van der Waals surface area contributed by atoms with Gasteiger partial charge in [0.05, 0.1) is 6.10 Å². The van der Waals surface area contributed by atoms with E-state index in [0.29, 0.717) is 24.8 Å². The first-order valence-corrected chi connectivity index (χ1v) is 6.98. The van der Waals surface area contributed by atoms with E-state index >= 15 is 0 Å². The lowest BCUT2D eigenvalue weighted by atomic mass is 10.1. The van der Waals surface area contributed by atoms with E-state index in [2.05, 4.69) is 5.32 Å². The Balaban J connectivity index is 1.79. The second-order valence-corrected chi connectivity index (χ2v) is 4.92. The summed E-state index contributed by atoms with van der Waals surface area (Å²) in [5.74, 6) is -0.0168. The predicted octanol–water partition coefficient (Wildman–Crippen LogP) is 1.49. The third-order valence-electron chi connectivity index (χ3n) is 3.40. The molecule has 1 aromatic carbocycles. The Kier molecular flexibility index (Phi) is 5.36. The van der Waals surface area contributed by atoms with Crippen molar-refractivity contribution in [3.05, 3.63) is 35.4 Å². The van der Waals surface area contributed by atoms with Gasteiger partial charge in [-0.1, -0.05) is 12.1 Å². The fourth-order valence-corrected chi connectivity index (χ4v) is 2.36. The van der Waals surface area contributed by atoms with Crippen LogP contribution < -0.4 is 11.1 Å². The first-order chi connectivity index (χ1) is 9.29. The fraction of sp³-hybridized carbons (Fsp3) is 0.533. The van der Waals surface area contributed by atoms with Gasteiger partial charge >= 0.3 is 0 Å². The van der Waals surface area contributed by atoms with Crippen molar-refractivity contribution in [2.45, 2.75) is 31.8 Å². The van der Waals surface area contributed by atoms with E-state index in [-0.39, 0.29) is 5.91 Å². The highest BCUT2D eigenvalue weighted by atomic mass is 16.5. The Morgan fingerprint density at radius 1 is 1.47 bits per heavy atom. The number of benzene rings is 1. The molecule has 0 aromatic heterocycles. The zero-order valence-electron chi connectivity index (χ0n) is 11.2. The van der Waals surface area contributed by atoms with Crippen molar-refractivity contribution in [2.75, 3.05) is 19.7 Å². The number of nitrogens with one attached hydrogen (secondary N) is 1. The Labute approximate surface area is 114 Å². The van der Waals surface area contributed by atoms with Gasteiger partial charge in [0.25, 0.3) is 5.91 Å². The molecule has 0 saturated carbocycles. The highest BCUT2D eigenvalue weighted by Gasteiger charge is 2.15. The number of ether oxygens (including phenoxy) is 1. The first-order valence-electron chi connectivity index (χ1n) is 6.98. The number of rotatable bonds is 6. The third-order valence-corrected chi connectivity index (χ3v) is 3.40. The molecule has 0 aliphatic carbocycles. The summed E-state index contributed by atoms with van der Waals surface area (Å²) in [5, 5.41) is 2.94. The second kappa shape index (κ2) is 7.26. The van der Waals surface area contributed by atoms with Gasteiger partial charge in [-0.25, -0.2) is 0 Å². The Bertz CT molecular complexity index is 414. The molecule has 2 rings (SSSR count). The molecule has 0 radical (unpaired) electrons. The van der Waals surface area contributed by atoms with Crippen molar-refractivity contribution >= 4 is 5.91 Å². The Morgan fingerprint density at radius 2 is 2.37 bits per heavy atom. The minimum atomic E-state index is -0.0168. The molecule has 0 bridgehead atoms. The lowest BCUT2D eigenvalue weighted by molar-refractivity contribution is 0.0907. The van der Waals surface area contributed by atoms with Crippen LogP contribution in [0.3, 0.4) is 0 Å². The predicted molar refractivity (Wildman–Crippen MR) is 75.1 cm³/mol. The van der Waals surface area contributed by atoms with E-state index in [1.165, 1.54) is 0 Å². The molecular formula is C15H22N2O2. The lowest BCUT2D eigenvalue weighted by Gasteiger charge is -2.10. The molecule has 1 aliphatic rings. The van der Waals surface area contributed by atoms with Crippen LogP contribution in [0.15, 0.2) is 24.3 Å². The highest BCUT2D eigenvalue weighted by Crippen LogP contribution is 2.14. The van der Waals surface area contributed by atoms with Crippen molar-refractivity contribution in [2.24, 2.45) is 5.73 Å². The molecule has 1 unspecified atom stereocenters. The maximum Gasteiger partial charge on any atom is 0.251 e. The smallest absolute Gasteiger partial charge is 0.251 e. The van der Waals surface area contributed by atoms with E-state index in [9.17, 15) is 4.79 Å². The van der Waals surface area contributed by atoms with Crippen LogP contribution in [-0.4, -0.2) is 31.7 Å². The second-order valence-electron chi connectivity index (χ2n) is 4.92. The SMILES string of the molecule is NCCc1cccc(C(=O)NCCC2CCCO2)c1. The van der Waals surface area contributed by atoms with Crippen molar-refractivity contribution in [1.82, 2.24) is 5.32 Å². The first kappa shape index (κ1) is 14.0. The number of hydrogen-bond donors (Lipinski definition) is 2. The van der Waals surface area contributed by atoms with Crippen molar-refractivity contribution in [1.29, 1.82) is 0 Å². The van der Waals surface area contributed by atoms with E-state index in [1.54, 1.807) is 0 Å². The monoisotopic (exact) mass is 262 g/mol. The largest absolute Gasteiger partial charge is 0.378 e. The van der Waals surface area contributed by atoms with Gasteiger partial charge in [0.1, 0.15) is 0 Å². The maximum absolute atomic E-state index is 12.0. The summed E-state index contributed by atoms with van der Waals surface area (Å²) in [5.41, 5.74) is 7.33. The minimum Gasteiger partial charge on any atom is -0.378 e. The highest BCUT2D eigenvalue weighted by molar-refractivity contribution is 5.94. The van der Waals surface area contributed by atoms with Crippen LogP contribution in [0.5, 0.6) is 0 Å². The van der Waals surface area contributed by atoms with Crippen molar-refractivity contribution < 1.29 is 9.53 Å². The molecule has 0 spiro atoms. The van der Waals surface area contributed by atoms with Gasteiger partial charge < -0.3 is 15.8 Å². The molecule has 1 heterocycles. The van der Waals surface area contributed by atoms with E-state index in [4.69, 9.17) is 10.5 Å². The summed E-state index contributed by atoms with van der Waals surface area (Å²) < 4.78 is 5.53. The van der Waals surface area contributed by atoms with Gasteiger partial charge in [-0.15, -0.1) is 0 Å². The molecule has 1 aromatic rings. The number of carbonyl (C=O) groups excluding carboxylic acids is 1. The third kappa shape index (κ3) is 4.33. The summed E-state index contributed by atoms with van der Waals surface area (Å²) in [6.45, 7) is 2.13. The number of carbonyl (C=O) groups is 1. The summed E-state index contributed by atoms with van der Waals surface area (Å²) in [6.07, 6.45) is 4.27. The average molecular weight is 262 g/mol. The Morgan fingerprint density at radius 3 is 3.11 bits per heavy atom. The molecule has 1 saturated heterocycles.